The van der Waals surface area contributed by atoms with Crippen LogP contribution < -0.4 is 11.1 Å². The van der Waals surface area contributed by atoms with Crippen molar-refractivity contribution < 1.29 is 0 Å². The van der Waals surface area contributed by atoms with Crippen LogP contribution in [0, 0.1) is 0 Å². The molecule has 0 saturated heterocycles. The lowest BCUT2D eigenvalue weighted by atomic mass is 10.2. The average molecular weight is 215 g/mol. The van der Waals surface area contributed by atoms with Gasteiger partial charge in [-0.3, -0.25) is 4.90 Å². The van der Waals surface area contributed by atoms with E-state index in [1.165, 1.54) is 12.8 Å². The maximum absolute atomic E-state index is 5.62. The van der Waals surface area contributed by atoms with Crippen LogP contribution in [0.4, 0.5) is 0 Å². The van der Waals surface area contributed by atoms with Crippen molar-refractivity contribution in [2.24, 2.45) is 5.73 Å². The number of nitrogens with one attached hydrogen (secondary N) is 1. The fraction of sp³-hybridized carbons (Fsp3) is 1.00. The van der Waals surface area contributed by atoms with Crippen molar-refractivity contribution in [3.05, 3.63) is 0 Å². The van der Waals surface area contributed by atoms with Crippen molar-refractivity contribution in [1.29, 1.82) is 0 Å². The summed E-state index contributed by atoms with van der Waals surface area (Å²) in [4.78, 5) is 2.47. The lowest BCUT2D eigenvalue weighted by Gasteiger charge is -2.28. The number of nitrogens with zero attached hydrogens (tertiary/aromatic N) is 1. The summed E-state index contributed by atoms with van der Waals surface area (Å²) in [6.45, 7) is 12.9. The second-order valence-corrected chi connectivity index (χ2v) is 4.35. The summed E-state index contributed by atoms with van der Waals surface area (Å²) in [5.74, 6) is 0. The highest BCUT2D eigenvalue weighted by atomic mass is 15.2. The smallest absolute Gasteiger partial charge is 0.0110 e. The molecule has 0 bridgehead atoms. The lowest BCUT2D eigenvalue weighted by Crippen LogP contribution is -2.42. The molecule has 2 atom stereocenters. The maximum Gasteiger partial charge on any atom is 0.0110 e. The highest BCUT2D eigenvalue weighted by Crippen LogP contribution is 2.01. The third kappa shape index (κ3) is 6.88. The fourth-order valence-corrected chi connectivity index (χ4v) is 1.58. The minimum Gasteiger partial charge on any atom is -0.329 e. The minimum atomic E-state index is 0.627. The van der Waals surface area contributed by atoms with E-state index in [0.717, 1.165) is 26.2 Å². The van der Waals surface area contributed by atoms with Gasteiger partial charge in [0, 0.05) is 38.3 Å². The molecule has 0 radical (unpaired) electrons. The molecule has 3 heteroatoms. The summed E-state index contributed by atoms with van der Waals surface area (Å²) in [6, 6.07) is 1.27. The van der Waals surface area contributed by atoms with Gasteiger partial charge in [0.15, 0.2) is 0 Å². The standard InChI is InChI=1S/C12H29N3/c1-5-11(3)14-8-10-15(9-7-13)12(4)6-2/h11-12,14H,5-10,13H2,1-4H3. The summed E-state index contributed by atoms with van der Waals surface area (Å²) in [5, 5.41) is 3.52. The topological polar surface area (TPSA) is 41.3 Å². The molecule has 0 aliphatic heterocycles. The molecule has 0 heterocycles. The van der Waals surface area contributed by atoms with Gasteiger partial charge in [0.2, 0.25) is 0 Å². The molecule has 2 unspecified atom stereocenters. The third-order valence-corrected chi connectivity index (χ3v) is 3.13. The van der Waals surface area contributed by atoms with Crippen LogP contribution in [-0.4, -0.2) is 43.2 Å². The third-order valence-electron chi connectivity index (χ3n) is 3.13. The molecule has 3 nitrogen and oxygen atoms in total. The van der Waals surface area contributed by atoms with Gasteiger partial charge in [-0.15, -0.1) is 0 Å². The van der Waals surface area contributed by atoms with E-state index in [9.17, 15) is 0 Å². The number of hydrogen-bond acceptors (Lipinski definition) is 3. The van der Waals surface area contributed by atoms with Gasteiger partial charge >= 0.3 is 0 Å². The normalized spacial score (nSPS) is 15.6. The summed E-state index contributed by atoms with van der Waals surface area (Å²) >= 11 is 0. The van der Waals surface area contributed by atoms with Gasteiger partial charge in [0.1, 0.15) is 0 Å². The van der Waals surface area contributed by atoms with E-state index in [1.807, 2.05) is 0 Å². The summed E-state index contributed by atoms with van der Waals surface area (Å²) in [6.07, 6.45) is 2.39. The van der Waals surface area contributed by atoms with Gasteiger partial charge in [-0.25, -0.2) is 0 Å². The number of rotatable bonds is 9. The zero-order chi connectivity index (χ0) is 11.7. The van der Waals surface area contributed by atoms with Gasteiger partial charge in [-0.05, 0) is 26.7 Å². The first-order chi connectivity index (χ1) is 7.15. The van der Waals surface area contributed by atoms with Crippen LogP contribution in [-0.2, 0) is 0 Å². The molecular formula is C12H29N3. The Balaban J connectivity index is 3.75. The molecule has 92 valence electrons. The quantitative estimate of drug-likeness (QED) is 0.611. The van der Waals surface area contributed by atoms with Crippen molar-refractivity contribution in [2.45, 2.75) is 52.6 Å². The van der Waals surface area contributed by atoms with Crippen LogP contribution in [0.25, 0.3) is 0 Å². The van der Waals surface area contributed by atoms with Crippen LogP contribution in [0.5, 0.6) is 0 Å². The van der Waals surface area contributed by atoms with Gasteiger partial charge in [-0.1, -0.05) is 13.8 Å². The molecule has 3 N–H and O–H groups in total. The van der Waals surface area contributed by atoms with E-state index in [-0.39, 0.29) is 0 Å². The van der Waals surface area contributed by atoms with Crippen molar-refractivity contribution >= 4 is 0 Å². The Morgan fingerprint density at radius 1 is 1.13 bits per heavy atom. The molecule has 0 aliphatic carbocycles. The number of nitrogens with two attached hydrogens (primary N) is 1. The molecule has 0 aromatic heterocycles. The predicted octanol–water partition coefficient (Wildman–Crippen LogP) is 1.43. The predicted molar refractivity (Wildman–Crippen MR) is 68.1 cm³/mol. The van der Waals surface area contributed by atoms with Gasteiger partial charge in [-0.2, -0.15) is 0 Å². The molecule has 0 spiro atoms. The molecular weight excluding hydrogens is 186 g/mol. The highest BCUT2D eigenvalue weighted by molar-refractivity contribution is 4.68. The fourth-order valence-electron chi connectivity index (χ4n) is 1.58. The summed E-state index contributed by atoms with van der Waals surface area (Å²) < 4.78 is 0. The van der Waals surface area contributed by atoms with Crippen LogP contribution in [0.15, 0.2) is 0 Å². The van der Waals surface area contributed by atoms with E-state index in [2.05, 4.69) is 37.9 Å². The lowest BCUT2D eigenvalue weighted by molar-refractivity contribution is 0.208. The maximum atomic E-state index is 5.62. The Morgan fingerprint density at radius 2 is 1.80 bits per heavy atom. The van der Waals surface area contributed by atoms with Gasteiger partial charge < -0.3 is 11.1 Å². The molecule has 0 aromatic carbocycles. The van der Waals surface area contributed by atoms with E-state index in [1.54, 1.807) is 0 Å². The van der Waals surface area contributed by atoms with Crippen LogP contribution in [0.1, 0.15) is 40.5 Å². The second kappa shape index (κ2) is 9.13. The molecule has 15 heavy (non-hydrogen) atoms. The average Bonchev–Trinajstić information content (AvgIpc) is 2.26. The van der Waals surface area contributed by atoms with E-state index in [4.69, 9.17) is 5.73 Å². The van der Waals surface area contributed by atoms with Crippen molar-refractivity contribution in [2.75, 3.05) is 26.2 Å². The van der Waals surface area contributed by atoms with Crippen LogP contribution in [0.3, 0.4) is 0 Å². The number of hydrogen-bond donors (Lipinski definition) is 2. The summed E-state index contributed by atoms with van der Waals surface area (Å²) in [5.41, 5.74) is 5.62. The first-order valence-corrected chi connectivity index (χ1v) is 6.33. The molecule has 0 aromatic rings. The minimum absolute atomic E-state index is 0.627. The van der Waals surface area contributed by atoms with Gasteiger partial charge in [0.05, 0.1) is 0 Å². The van der Waals surface area contributed by atoms with Crippen molar-refractivity contribution in [3.8, 4) is 0 Å². The van der Waals surface area contributed by atoms with Crippen molar-refractivity contribution in [3.63, 3.8) is 0 Å². The second-order valence-electron chi connectivity index (χ2n) is 4.35. The van der Waals surface area contributed by atoms with Gasteiger partial charge in [0.25, 0.3) is 0 Å². The summed E-state index contributed by atoms with van der Waals surface area (Å²) in [7, 11) is 0. The SMILES string of the molecule is CCC(C)NCCN(CCN)C(C)CC. The monoisotopic (exact) mass is 215 g/mol. The molecule has 0 rings (SSSR count). The van der Waals surface area contributed by atoms with E-state index in [0.29, 0.717) is 12.1 Å². The Labute approximate surface area is 95.4 Å². The van der Waals surface area contributed by atoms with Crippen LogP contribution >= 0.6 is 0 Å². The molecule has 0 aliphatic rings. The Morgan fingerprint density at radius 3 is 2.27 bits per heavy atom. The van der Waals surface area contributed by atoms with E-state index < -0.39 is 0 Å². The zero-order valence-corrected chi connectivity index (χ0v) is 10.9. The van der Waals surface area contributed by atoms with E-state index >= 15 is 0 Å². The Hall–Kier alpha value is -0.120. The first kappa shape index (κ1) is 14.9. The molecule has 0 amide bonds. The largest absolute Gasteiger partial charge is 0.329 e. The molecule has 0 saturated carbocycles. The highest BCUT2D eigenvalue weighted by Gasteiger charge is 2.10. The molecule has 0 fully saturated rings. The zero-order valence-electron chi connectivity index (χ0n) is 10.9. The Kier molecular flexibility index (Phi) is 9.06. The van der Waals surface area contributed by atoms with Crippen molar-refractivity contribution in [1.82, 2.24) is 10.2 Å². The van der Waals surface area contributed by atoms with Crippen LogP contribution in [0.2, 0.25) is 0 Å². The first-order valence-electron chi connectivity index (χ1n) is 6.33. The Bertz CT molecular complexity index is 139.